The number of aryl methyl sites for hydroxylation is 1. The molecule has 0 bridgehead atoms. The van der Waals surface area contributed by atoms with E-state index in [1.54, 1.807) is 19.1 Å². The van der Waals surface area contributed by atoms with Crippen LogP contribution < -0.4 is 20.4 Å². The highest BCUT2D eigenvalue weighted by molar-refractivity contribution is 6.32. The largest absolute Gasteiger partial charge is 0.508 e. The SMILES string of the molecule is Cc1c(O)ccc2c(CNCc3cc(Cl)c4c(c3)OCCCO4)cc(=O)oc12. The van der Waals surface area contributed by atoms with Crippen molar-refractivity contribution in [2.24, 2.45) is 0 Å². The van der Waals surface area contributed by atoms with Gasteiger partial charge >= 0.3 is 5.63 Å². The molecule has 1 aromatic heterocycles. The number of hydrogen-bond donors (Lipinski definition) is 2. The van der Waals surface area contributed by atoms with E-state index < -0.39 is 5.63 Å². The van der Waals surface area contributed by atoms with Crippen LogP contribution in [0, 0.1) is 6.92 Å². The van der Waals surface area contributed by atoms with Gasteiger partial charge in [-0.3, -0.25) is 0 Å². The van der Waals surface area contributed by atoms with Gasteiger partial charge in [-0.1, -0.05) is 11.6 Å². The second-order valence-corrected chi connectivity index (χ2v) is 7.14. The summed E-state index contributed by atoms with van der Waals surface area (Å²) in [6.07, 6.45) is 0.817. The van der Waals surface area contributed by atoms with Crippen LogP contribution in [0.5, 0.6) is 17.2 Å². The standard InChI is InChI=1S/C21H20ClNO5/c1-12-17(24)4-3-15-14(9-19(25)28-20(12)15)11-23-10-13-7-16(22)21-18(8-13)26-5-2-6-27-21/h3-4,7-9,23-24H,2,5-6,10-11H2,1H3. The van der Waals surface area contributed by atoms with Crippen LogP contribution >= 0.6 is 11.6 Å². The zero-order chi connectivity index (χ0) is 19.7. The van der Waals surface area contributed by atoms with Crippen molar-refractivity contribution in [1.29, 1.82) is 0 Å². The summed E-state index contributed by atoms with van der Waals surface area (Å²) in [6, 6.07) is 8.58. The van der Waals surface area contributed by atoms with Gasteiger partial charge in [0.2, 0.25) is 0 Å². The summed E-state index contributed by atoms with van der Waals surface area (Å²) in [4.78, 5) is 11.9. The average molecular weight is 402 g/mol. The lowest BCUT2D eigenvalue weighted by atomic mass is 10.1. The van der Waals surface area contributed by atoms with E-state index in [1.165, 1.54) is 6.07 Å². The first-order valence-electron chi connectivity index (χ1n) is 9.07. The van der Waals surface area contributed by atoms with E-state index in [0.717, 1.165) is 22.9 Å². The lowest BCUT2D eigenvalue weighted by Crippen LogP contribution is -2.15. The average Bonchev–Trinajstić information content (AvgIpc) is 2.91. The maximum Gasteiger partial charge on any atom is 0.336 e. The molecule has 0 radical (unpaired) electrons. The van der Waals surface area contributed by atoms with Gasteiger partial charge in [0.05, 0.1) is 18.2 Å². The van der Waals surface area contributed by atoms with Gasteiger partial charge < -0.3 is 24.3 Å². The van der Waals surface area contributed by atoms with Crippen LogP contribution in [0.2, 0.25) is 5.02 Å². The van der Waals surface area contributed by atoms with Crippen LogP contribution in [0.1, 0.15) is 23.1 Å². The Morgan fingerprint density at radius 1 is 1.14 bits per heavy atom. The minimum absolute atomic E-state index is 0.0996. The summed E-state index contributed by atoms with van der Waals surface area (Å²) in [5, 5.41) is 14.5. The van der Waals surface area contributed by atoms with Crippen LogP contribution in [0.3, 0.4) is 0 Å². The summed E-state index contributed by atoms with van der Waals surface area (Å²) >= 11 is 6.34. The van der Waals surface area contributed by atoms with Crippen molar-refractivity contribution in [1.82, 2.24) is 5.32 Å². The quantitative estimate of drug-likeness (QED) is 0.645. The van der Waals surface area contributed by atoms with E-state index in [0.29, 0.717) is 54.0 Å². The minimum Gasteiger partial charge on any atom is -0.508 e. The van der Waals surface area contributed by atoms with Crippen LogP contribution in [0.4, 0.5) is 0 Å². The Morgan fingerprint density at radius 3 is 2.82 bits per heavy atom. The molecule has 3 aromatic rings. The Bertz CT molecular complexity index is 1090. The molecule has 2 heterocycles. The molecule has 2 aromatic carbocycles. The predicted octanol–water partition coefficient (Wildman–Crippen LogP) is 3.91. The molecule has 146 valence electrons. The fraction of sp³-hybridized carbons (Fsp3) is 0.286. The third-order valence-electron chi connectivity index (χ3n) is 4.72. The van der Waals surface area contributed by atoms with Crippen molar-refractivity contribution in [2.45, 2.75) is 26.4 Å². The lowest BCUT2D eigenvalue weighted by Gasteiger charge is -2.13. The van der Waals surface area contributed by atoms with Crippen molar-refractivity contribution in [3.63, 3.8) is 0 Å². The summed E-state index contributed by atoms with van der Waals surface area (Å²) < 4.78 is 16.6. The molecule has 0 atom stereocenters. The molecule has 0 spiro atoms. The Morgan fingerprint density at radius 2 is 1.96 bits per heavy atom. The van der Waals surface area contributed by atoms with Gasteiger partial charge in [0, 0.05) is 36.5 Å². The summed E-state index contributed by atoms with van der Waals surface area (Å²) in [5.41, 5.74) is 2.26. The van der Waals surface area contributed by atoms with Gasteiger partial charge in [-0.25, -0.2) is 4.79 Å². The highest BCUT2D eigenvalue weighted by atomic mass is 35.5. The molecule has 1 aliphatic rings. The van der Waals surface area contributed by atoms with E-state index >= 15 is 0 Å². The molecule has 1 aliphatic heterocycles. The molecule has 2 N–H and O–H groups in total. The van der Waals surface area contributed by atoms with Gasteiger partial charge in [0.15, 0.2) is 11.5 Å². The number of phenols is 1. The van der Waals surface area contributed by atoms with E-state index in [1.807, 2.05) is 12.1 Å². The number of ether oxygens (including phenoxy) is 2. The molecule has 4 rings (SSSR count). The van der Waals surface area contributed by atoms with Crippen LogP contribution in [0.25, 0.3) is 11.0 Å². The molecular weight excluding hydrogens is 382 g/mol. The number of rotatable bonds is 4. The Labute approximate surface area is 166 Å². The first-order chi connectivity index (χ1) is 13.5. The first kappa shape index (κ1) is 18.7. The number of fused-ring (bicyclic) bond motifs is 2. The summed E-state index contributed by atoms with van der Waals surface area (Å²) in [7, 11) is 0. The van der Waals surface area contributed by atoms with Crippen molar-refractivity contribution in [3.05, 3.63) is 62.5 Å². The van der Waals surface area contributed by atoms with Crippen molar-refractivity contribution < 1.29 is 19.0 Å². The Kier molecular flexibility index (Phi) is 5.15. The third kappa shape index (κ3) is 3.66. The van der Waals surface area contributed by atoms with Gasteiger partial charge in [0.1, 0.15) is 11.3 Å². The topological polar surface area (TPSA) is 80.9 Å². The minimum atomic E-state index is -0.448. The summed E-state index contributed by atoms with van der Waals surface area (Å²) in [6.45, 7) is 3.90. The third-order valence-corrected chi connectivity index (χ3v) is 5.01. The first-order valence-corrected chi connectivity index (χ1v) is 9.45. The number of phenolic OH excluding ortho intramolecular Hbond substituents is 1. The lowest BCUT2D eigenvalue weighted by molar-refractivity contribution is 0.297. The Hall–Kier alpha value is -2.70. The fourth-order valence-electron chi connectivity index (χ4n) is 3.29. The van der Waals surface area contributed by atoms with Crippen molar-refractivity contribution >= 4 is 22.6 Å². The normalized spacial score (nSPS) is 13.5. The summed E-state index contributed by atoms with van der Waals surface area (Å²) in [5.74, 6) is 1.34. The highest BCUT2D eigenvalue weighted by Crippen LogP contribution is 2.38. The van der Waals surface area contributed by atoms with Gasteiger partial charge in [-0.15, -0.1) is 0 Å². The maximum atomic E-state index is 11.9. The van der Waals surface area contributed by atoms with E-state index in [9.17, 15) is 9.90 Å². The molecule has 6 nitrogen and oxygen atoms in total. The molecule has 7 heteroatoms. The zero-order valence-corrected chi connectivity index (χ0v) is 16.1. The van der Waals surface area contributed by atoms with E-state index in [2.05, 4.69) is 5.32 Å². The van der Waals surface area contributed by atoms with E-state index in [4.69, 9.17) is 25.5 Å². The van der Waals surface area contributed by atoms with Crippen LogP contribution in [-0.2, 0) is 13.1 Å². The fourth-order valence-corrected chi connectivity index (χ4v) is 3.58. The molecule has 0 amide bonds. The van der Waals surface area contributed by atoms with Gasteiger partial charge in [-0.2, -0.15) is 0 Å². The molecule has 28 heavy (non-hydrogen) atoms. The van der Waals surface area contributed by atoms with Crippen LogP contribution in [-0.4, -0.2) is 18.3 Å². The molecule has 0 fully saturated rings. The Balaban J connectivity index is 1.55. The second-order valence-electron chi connectivity index (χ2n) is 6.74. The van der Waals surface area contributed by atoms with Crippen molar-refractivity contribution in [2.75, 3.05) is 13.2 Å². The number of benzene rings is 2. The number of aromatic hydroxyl groups is 1. The monoisotopic (exact) mass is 401 g/mol. The molecule has 0 saturated heterocycles. The van der Waals surface area contributed by atoms with E-state index in [-0.39, 0.29) is 5.75 Å². The number of nitrogens with one attached hydrogen (secondary N) is 1. The van der Waals surface area contributed by atoms with Crippen molar-refractivity contribution in [3.8, 4) is 17.2 Å². The predicted molar refractivity (Wildman–Crippen MR) is 106 cm³/mol. The highest BCUT2D eigenvalue weighted by Gasteiger charge is 2.16. The molecule has 0 aliphatic carbocycles. The zero-order valence-electron chi connectivity index (χ0n) is 15.4. The maximum absolute atomic E-state index is 11.9. The van der Waals surface area contributed by atoms with Gasteiger partial charge in [0.25, 0.3) is 0 Å². The number of hydrogen-bond acceptors (Lipinski definition) is 6. The molecule has 0 unspecified atom stereocenters. The molecular formula is C21H20ClNO5. The van der Waals surface area contributed by atoms with Gasteiger partial charge in [-0.05, 0) is 42.3 Å². The number of halogens is 1. The second kappa shape index (κ2) is 7.73. The van der Waals surface area contributed by atoms with Crippen LogP contribution in [0.15, 0.2) is 39.5 Å². The smallest absolute Gasteiger partial charge is 0.336 e. The molecule has 0 saturated carbocycles.